The van der Waals surface area contributed by atoms with E-state index in [1.54, 1.807) is 0 Å². The van der Waals surface area contributed by atoms with Gasteiger partial charge >= 0.3 is 0 Å². The van der Waals surface area contributed by atoms with Crippen molar-refractivity contribution < 1.29 is 4.79 Å². The molecule has 1 saturated heterocycles. The van der Waals surface area contributed by atoms with Gasteiger partial charge in [-0.25, -0.2) is 0 Å². The summed E-state index contributed by atoms with van der Waals surface area (Å²) in [5.41, 5.74) is 5.97. The lowest BCUT2D eigenvalue weighted by molar-refractivity contribution is -0.136. The van der Waals surface area contributed by atoms with Crippen LogP contribution in [-0.2, 0) is 4.79 Å². The number of carbonyl (C=O) groups excluding carboxylic acids is 1. The molecule has 0 aromatic rings. The Bertz CT molecular complexity index is 281. The van der Waals surface area contributed by atoms with Crippen molar-refractivity contribution in [1.29, 1.82) is 0 Å². The van der Waals surface area contributed by atoms with Crippen LogP contribution in [0.15, 0.2) is 0 Å². The first-order valence-electron chi connectivity index (χ1n) is 7.83. The van der Waals surface area contributed by atoms with Crippen LogP contribution in [0, 0.1) is 11.3 Å². The van der Waals surface area contributed by atoms with Gasteiger partial charge in [-0.1, -0.05) is 27.7 Å². The van der Waals surface area contributed by atoms with E-state index >= 15 is 0 Å². The number of piperidine rings is 1. The van der Waals surface area contributed by atoms with Crippen molar-refractivity contribution in [3.05, 3.63) is 0 Å². The molecule has 0 aromatic carbocycles. The molecule has 2 atom stereocenters. The van der Waals surface area contributed by atoms with Gasteiger partial charge in [-0.05, 0) is 50.0 Å². The first-order chi connectivity index (χ1) is 8.83. The van der Waals surface area contributed by atoms with Gasteiger partial charge in [0.15, 0.2) is 0 Å². The second kappa shape index (κ2) is 7.28. The standard InChI is InChI=1S/C16H32N2O/c1-13(12-16(2,3)4)11-15(19)18-10-6-5-7-14(18)8-9-17/h13-14H,5-12,17H2,1-4H3. The quantitative estimate of drug-likeness (QED) is 0.832. The monoisotopic (exact) mass is 268 g/mol. The summed E-state index contributed by atoms with van der Waals surface area (Å²) in [6.07, 6.45) is 6.29. The Morgan fingerprint density at radius 1 is 1.37 bits per heavy atom. The Hall–Kier alpha value is -0.570. The van der Waals surface area contributed by atoms with Crippen LogP contribution in [0.3, 0.4) is 0 Å². The molecule has 1 rings (SSSR count). The van der Waals surface area contributed by atoms with E-state index in [9.17, 15) is 4.79 Å². The fourth-order valence-electron chi connectivity index (χ4n) is 3.35. The lowest BCUT2D eigenvalue weighted by Crippen LogP contribution is -2.45. The minimum atomic E-state index is 0.304. The normalized spacial score (nSPS) is 22.4. The number of hydrogen-bond donors (Lipinski definition) is 1. The molecule has 1 fully saturated rings. The number of carbonyl (C=O) groups is 1. The summed E-state index contributed by atoms with van der Waals surface area (Å²) in [7, 11) is 0. The van der Waals surface area contributed by atoms with E-state index in [0.717, 1.165) is 32.2 Å². The molecule has 2 unspecified atom stereocenters. The zero-order chi connectivity index (χ0) is 14.5. The van der Waals surface area contributed by atoms with Crippen molar-refractivity contribution >= 4 is 5.91 Å². The van der Waals surface area contributed by atoms with Crippen LogP contribution in [0.5, 0.6) is 0 Å². The molecule has 0 bridgehead atoms. The molecule has 3 nitrogen and oxygen atoms in total. The molecule has 0 radical (unpaired) electrons. The number of likely N-dealkylation sites (tertiary alicyclic amines) is 1. The molecule has 3 heteroatoms. The predicted octanol–water partition coefficient (Wildman–Crippen LogP) is 3.18. The molecule has 0 aromatic heterocycles. The van der Waals surface area contributed by atoms with Gasteiger partial charge in [0.1, 0.15) is 0 Å². The fourth-order valence-corrected chi connectivity index (χ4v) is 3.35. The maximum atomic E-state index is 12.5. The van der Waals surface area contributed by atoms with Gasteiger partial charge in [-0.15, -0.1) is 0 Å². The minimum absolute atomic E-state index is 0.304. The minimum Gasteiger partial charge on any atom is -0.340 e. The molecule has 2 N–H and O–H groups in total. The Kier molecular flexibility index (Phi) is 6.31. The van der Waals surface area contributed by atoms with Crippen LogP contribution in [-0.4, -0.2) is 29.9 Å². The summed E-state index contributed by atoms with van der Waals surface area (Å²) < 4.78 is 0. The van der Waals surface area contributed by atoms with Crippen LogP contribution >= 0.6 is 0 Å². The van der Waals surface area contributed by atoms with Crippen LogP contribution in [0.2, 0.25) is 0 Å². The largest absolute Gasteiger partial charge is 0.340 e. The third-order valence-electron chi connectivity index (χ3n) is 3.93. The van der Waals surface area contributed by atoms with Crippen molar-refractivity contribution in [1.82, 2.24) is 4.90 Å². The number of rotatable bonds is 5. The molecule has 1 aliphatic rings. The summed E-state index contributed by atoms with van der Waals surface area (Å²) in [5, 5.41) is 0. The fraction of sp³-hybridized carbons (Fsp3) is 0.938. The predicted molar refractivity (Wildman–Crippen MR) is 80.9 cm³/mol. The second-order valence-corrected chi connectivity index (χ2v) is 7.39. The Morgan fingerprint density at radius 2 is 2.05 bits per heavy atom. The first-order valence-corrected chi connectivity index (χ1v) is 7.83. The zero-order valence-corrected chi connectivity index (χ0v) is 13.2. The average molecular weight is 268 g/mol. The van der Waals surface area contributed by atoms with Gasteiger partial charge in [0.2, 0.25) is 5.91 Å². The number of amides is 1. The van der Waals surface area contributed by atoms with Crippen molar-refractivity contribution in [3.63, 3.8) is 0 Å². The van der Waals surface area contributed by atoms with Gasteiger partial charge in [-0.3, -0.25) is 4.79 Å². The van der Waals surface area contributed by atoms with Gasteiger partial charge in [0.05, 0.1) is 0 Å². The lowest BCUT2D eigenvalue weighted by Gasteiger charge is -2.36. The van der Waals surface area contributed by atoms with E-state index in [-0.39, 0.29) is 0 Å². The van der Waals surface area contributed by atoms with Crippen LogP contribution in [0.25, 0.3) is 0 Å². The lowest BCUT2D eigenvalue weighted by atomic mass is 9.84. The Labute approximate surface area is 118 Å². The topological polar surface area (TPSA) is 46.3 Å². The van der Waals surface area contributed by atoms with E-state index in [1.165, 1.54) is 6.42 Å². The number of nitrogens with zero attached hydrogens (tertiary/aromatic N) is 1. The zero-order valence-electron chi connectivity index (χ0n) is 13.2. The molecule has 1 aliphatic heterocycles. The van der Waals surface area contributed by atoms with Gasteiger partial charge < -0.3 is 10.6 Å². The molecule has 0 saturated carbocycles. The summed E-state index contributed by atoms with van der Waals surface area (Å²) in [4.78, 5) is 14.6. The smallest absolute Gasteiger partial charge is 0.223 e. The highest BCUT2D eigenvalue weighted by molar-refractivity contribution is 5.76. The summed E-state index contributed by atoms with van der Waals surface area (Å²) in [6.45, 7) is 10.5. The van der Waals surface area contributed by atoms with E-state index in [2.05, 4.69) is 32.6 Å². The average Bonchev–Trinajstić information content (AvgIpc) is 2.27. The third-order valence-corrected chi connectivity index (χ3v) is 3.93. The molecular formula is C16H32N2O. The van der Waals surface area contributed by atoms with Crippen LogP contribution < -0.4 is 5.73 Å². The molecule has 1 amide bonds. The highest BCUT2D eigenvalue weighted by atomic mass is 16.2. The van der Waals surface area contributed by atoms with Crippen molar-refractivity contribution in [2.24, 2.45) is 17.1 Å². The highest BCUT2D eigenvalue weighted by Gasteiger charge is 2.27. The maximum absolute atomic E-state index is 12.5. The van der Waals surface area contributed by atoms with Gasteiger partial charge in [0.25, 0.3) is 0 Å². The third kappa shape index (κ3) is 5.94. The van der Waals surface area contributed by atoms with E-state index in [0.29, 0.717) is 36.2 Å². The van der Waals surface area contributed by atoms with Crippen molar-refractivity contribution in [2.75, 3.05) is 13.1 Å². The molecule has 19 heavy (non-hydrogen) atoms. The summed E-state index contributed by atoms with van der Waals surface area (Å²) >= 11 is 0. The van der Waals surface area contributed by atoms with Crippen molar-refractivity contribution in [2.45, 2.75) is 72.3 Å². The van der Waals surface area contributed by atoms with Crippen molar-refractivity contribution in [3.8, 4) is 0 Å². The van der Waals surface area contributed by atoms with E-state index in [4.69, 9.17) is 5.73 Å². The van der Waals surface area contributed by atoms with E-state index < -0.39 is 0 Å². The summed E-state index contributed by atoms with van der Waals surface area (Å²) in [5.74, 6) is 0.808. The summed E-state index contributed by atoms with van der Waals surface area (Å²) in [6, 6.07) is 0.396. The Balaban J connectivity index is 2.50. The number of nitrogens with two attached hydrogens (primary N) is 1. The maximum Gasteiger partial charge on any atom is 0.223 e. The second-order valence-electron chi connectivity index (χ2n) is 7.39. The SMILES string of the molecule is CC(CC(=O)N1CCCCC1CCN)CC(C)(C)C. The number of hydrogen-bond acceptors (Lipinski definition) is 2. The Morgan fingerprint density at radius 3 is 2.63 bits per heavy atom. The molecule has 1 heterocycles. The molecule has 0 spiro atoms. The van der Waals surface area contributed by atoms with Gasteiger partial charge in [-0.2, -0.15) is 0 Å². The van der Waals surface area contributed by atoms with Crippen LogP contribution in [0.1, 0.15) is 66.2 Å². The molecular weight excluding hydrogens is 236 g/mol. The van der Waals surface area contributed by atoms with Gasteiger partial charge in [0, 0.05) is 19.0 Å². The van der Waals surface area contributed by atoms with Crippen LogP contribution in [0.4, 0.5) is 0 Å². The highest BCUT2D eigenvalue weighted by Crippen LogP contribution is 2.28. The van der Waals surface area contributed by atoms with E-state index in [1.807, 2.05) is 0 Å². The molecule has 112 valence electrons. The molecule has 0 aliphatic carbocycles. The first kappa shape index (κ1) is 16.5.